The Labute approximate surface area is 659 Å². The predicted octanol–water partition coefficient (Wildman–Crippen LogP) is 26.0. The lowest BCUT2D eigenvalue weighted by molar-refractivity contribution is 0.569. The van der Waals surface area contributed by atoms with Gasteiger partial charge < -0.3 is 23.5 Å². The third-order valence-electron chi connectivity index (χ3n) is 22.6. The van der Waals surface area contributed by atoms with Crippen LogP contribution in [0.25, 0.3) is 138 Å². The number of fused-ring (bicyclic) bond motifs is 13. The maximum absolute atomic E-state index is 10.2. The Hall–Kier alpha value is -13.4. The number of para-hydroxylation sites is 5. The monoisotopic (exact) mass is 1420 g/mol. The van der Waals surface area contributed by atoms with Gasteiger partial charge in [-0.25, -0.2) is 0 Å². The van der Waals surface area contributed by atoms with E-state index in [1.807, 2.05) is 95.6 Å². The van der Waals surface area contributed by atoms with Gasteiger partial charge in [0.15, 0.2) is 0 Å². The van der Waals surface area contributed by atoms with Crippen molar-refractivity contribution in [2.24, 2.45) is 0 Å². The fourth-order valence-electron chi connectivity index (χ4n) is 17.3. The number of benzene rings is 16. The summed E-state index contributed by atoms with van der Waals surface area (Å²) in [5.41, 5.74) is 23.3. The highest BCUT2D eigenvalue weighted by atomic mass is 15.2. The van der Waals surface area contributed by atoms with E-state index in [0.717, 1.165) is 139 Å². The molecule has 0 bridgehead atoms. The second kappa shape index (κ2) is 25.1. The van der Waals surface area contributed by atoms with Crippen molar-refractivity contribution < 1.29 is 16.4 Å². The Bertz CT molecular complexity index is 7420. The molecule has 0 aliphatic carbocycles. The molecule has 6 heteroatoms. The van der Waals surface area contributed by atoms with E-state index in [1.54, 1.807) is 4.57 Å². The SMILES string of the molecule is [2H]c1c([2H])c([2H])c2c(c1[2H])c1cc(-n3c4ccccc4c4ccccc43)ccc1n2-c1ccc2c(c1)N(c1cc(-c3ccccc3)cc(-c3ccccc3)c1)c1cc(-c3cc(C(C)(C)C)cc(C(C)(C)C)c3)cc3c1B2c1ccc(-n2c4c([2H])c([2H])c([2H])c([2H])c4c4c([2H])c([2H])c([2H])c([2H])c42)cc1N3c1cc(-c2ccccc2)cc(-c2ccccc2)c1. The van der Waals surface area contributed by atoms with Gasteiger partial charge in [0.2, 0.25) is 0 Å². The van der Waals surface area contributed by atoms with E-state index in [0.29, 0.717) is 38.9 Å². The van der Waals surface area contributed by atoms with Gasteiger partial charge in [0.1, 0.15) is 0 Å². The van der Waals surface area contributed by atoms with Gasteiger partial charge in [0.05, 0.1) is 49.5 Å². The highest BCUT2D eigenvalue weighted by Crippen LogP contribution is 2.51. The van der Waals surface area contributed by atoms with Crippen LogP contribution in [0.5, 0.6) is 0 Å². The first kappa shape index (κ1) is 53.4. The summed E-state index contributed by atoms with van der Waals surface area (Å²) in [5, 5.41) is 3.09. The average molecular weight is 1420 g/mol. The number of hydrogen-bond acceptors (Lipinski definition) is 2. The Morgan fingerprint density at radius 1 is 0.236 bits per heavy atom. The zero-order valence-corrected chi connectivity index (χ0v) is 61.5. The van der Waals surface area contributed by atoms with Crippen molar-refractivity contribution in [2.75, 3.05) is 9.80 Å². The van der Waals surface area contributed by atoms with Crippen molar-refractivity contribution in [3.8, 4) is 72.7 Å². The molecule has 21 rings (SSSR count). The van der Waals surface area contributed by atoms with Gasteiger partial charge in [-0.05, 0) is 215 Å². The van der Waals surface area contributed by atoms with E-state index >= 15 is 0 Å². The van der Waals surface area contributed by atoms with Crippen LogP contribution in [0, 0.1) is 0 Å². The molecule has 0 spiro atoms. The summed E-state index contributed by atoms with van der Waals surface area (Å²) in [6, 6.07) is 97.1. The molecule has 0 unspecified atom stereocenters. The molecule has 0 fully saturated rings. The van der Waals surface area contributed by atoms with Crippen molar-refractivity contribution >= 4 is 123 Å². The van der Waals surface area contributed by atoms with Gasteiger partial charge in [0, 0.05) is 83.5 Å². The highest BCUT2D eigenvalue weighted by molar-refractivity contribution is 7.00. The van der Waals surface area contributed by atoms with E-state index in [4.69, 9.17) is 2.74 Å². The number of nitrogens with zero attached hydrogens (tertiary/aromatic N) is 5. The van der Waals surface area contributed by atoms with E-state index in [-0.39, 0.29) is 56.8 Å². The Morgan fingerprint density at radius 3 is 0.982 bits per heavy atom. The minimum absolute atomic E-state index is 0.00672. The lowest BCUT2D eigenvalue weighted by Crippen LogP contribution is -2.61. The number of anilines is 6. The Morgan fingerprint density at radius 2 is 0.564 bits per heavy atom. The van der Waals surface area contributed by atoms with Gasteiger partial charge in [-0.1, -0.05) is 284 Å². The van der Waals surface area contributed by atoms with Crippen LogP contribution in [0.15, 0.2) is 364 Å². The molecule has 16 aromatic carbocycles. The third kappa shape index (κ3) is 10.5. The molecule has 0 saturated heterocycles. The maximum Gasteiger partial charge on any atom is 0.252 e. The van der Waals surface area contributed by atoms with Crippen LogP contribution in [-0.4, -0.2) is 20.4 Å². The Balaban J connectivity index is 0.931. The van der Waals surface area contributed by atoms with E-state index < -0.39 is 55.1 Å². The smallest absolute Gasteiger partial charge is 0.252 e. The van der Waals surface area contributed by atoms with Gasteiger partial charge >= 0.3 is 0 Å². The van der Waals surface area contributed by atoms with Crippen molar-refractivity contribution in [3.05, 3.63) is 375 Å². The Kier molecular flexibility index (Phi) is 12.2. The van der Waals surface area contributed by atoms with Gasteiger partial charge in [0.25, 0.3) is 6.71 Å². The molecule has 0 atom stereocenters. The lowest BCUT2D eigenvalue weighted by Gasteiger charge is -2.45. The summed E-state index contributed by atoms with van der Waals surface area (Å²) in [5.74, 6) is 0. The maximum atomic E-state index is 10.2. The van der Waals surface area contributed by atoms with Gasteiger partial charge in [-0.3, -0.25) is 0 Å². The molecule has 2 aliphatic heterocycles. The van der Waals surface area contributed by atoms with Crippen LogP contribution >= 0.6 is 0 Å². The fraction of sp³-hybridized carbons (Fsp3) is 0.0769. The molecule has 0 amide bonds. The molecular formula is C104H78BN5. The van der Waals surface area contributed by atoms with Gasteiger partial charge in [-0.15, -0.1) is 0 Å². The molecule has 2 aliphatic rings. The summed E-state index contributed by atoms with van der Waals surface area (Å²) in [6.07, 6.45) is 0. The molecule has 5 nitrogen and oxygen atoms in total. The first-order chi connectivity index (χ1) is 58.8. The highest BCUT2D eigenvalue weighted by Gasteiger charge is 2.45. The molecular weight excluding hydrogens is 1330 g/mol. The summed E-state index contributed by atoms with van der Waals surface area (Å²) in [4.78, 5) is 4.74. The lowest BCUT2D eigenvalue weighted by atomic mass is 9.33. The van der Waals surface area contributed by atoms with Gasteiger partial charge in [-0.2, -0.15) is 0 Å². The van der Waals surface area contributed by atoms with Crippen molar-refractivity contribution in [1.29, 1.82) is 0 Å². The van der Waals surface area contributed by atoms with Crippen LogP contribution in [-0.2, 0) is 10.8 Å². The van der Waals surface area contributed by atoms with Crippen molar-refractivity contribution in [2.45, 2.75) is 52.4 Å². The van der Waals surface area contributed by atoms with E-state index in [1.165, 1.54) is 0 Å². The summed E-state index contributed by atoms with van der Waals surface area (Å²) >= 11 is 0. The number of rotatable bonds is 10. The van der Waals surface area contributed by atoms with Crippen LogP contribution in [0.3, 0.4) is 0 Å². The minimum atomic E-state index is -0.644. The fourth-order valence-corrected chi connectivity index (χ4v) is 17.3. The number of aromatic nitrogens is 3. The van der Waals surface area contributed by atoms with Crippen molar-refractivity contribution in [3.63, 3.8) is 0 Å². The first-order valence-corrected chi connectivity index (χ1v) is 37.6. The topological polar surface area (TPSA) is 21.3 Å². The van der Waals surface area contributed by atoms with E-state index in [9.17, 15) is 13.7 Å². The first-order valence-electron chi connectivity index (χ1n) is 43.6. The van der Waals surface area contributed by atoms with Crippen LogP contribution < -0.4 is 26.2 Å². The van der Waals surface area contributed by atoms with Crippen LogP contribution in [0.1, 0.15) is 69.1 Å². The molecule has 0 radical (unpaired) electrons. The minimum Gasteiger partial charge on any atom is -0.311 e. The second-order valence-corrected chi connectivity index (χ2v) is 31.2. The zero-order valence-electron chi connectivity index (χ0n) is 73.5. The van der Waals surface area contributed by atoms with Crippen LogP contribution in [0.2, 0.25) is 0 Å². The average Bonchev–Trinajstić information content (AvgIpc) is 1.10. The molecule has 522 valence electrons. The summed E-state index contributed by atoms with van der Waals surface area (Å²) in [7, 11) is 0. The molecule has 5 heterocycles. The normalized spacial score (nSPS) is 14.3. The standard InChI is InChI=1S/C104H78BN5/c1-103(2,3)77-55-75(56-78(63-77)104(4,5)6)76-61-100-102-101(62-76)110(83-59-73(69-33-15-9-16-34-69)54-74(60-83)70-35-17-10-18-36-70)99-66-81(108-96-46-28-23-41-88(96)89-64-79(49-52-97(89)108)106-92-42-24-19-37-84(92)85-38-20-25-43-93(85)106)48-51-91(99)105(102)90-50-47-80(107-94-44-26-21-39-86(94)87-40-22-27-45-95(87)107)65-98(90)109(100)82-57-71(67-29-11-7-12-30-67)53-72(58-82)68-31-13-8-14-32-68/h7-66H,1-6H3/i21D,22D,23D,26D,27D,28D,39D,40D,41D,44D,45D,46D. The predicted molar refractivity (Wildman–Crippen MR) is 468 cm³/mol. The summed E-state index contributed by atoms with van der Waals surface area (Å²) < 4.78 is 121. The van der Waals surface area contributed by atoms with Crippen molar-refractivity contribution in [1.82, 2.24) is 13.7 Å². The molecule has 3 aromatic heterocycles. The zero-order chi connectivity index (χ0) is 84.1. The molecule has 110 heavy (non-hydrogen) atoms. The van der Waals surface area contributed by atoms with E-state index in [2.05, 4.69) is 256 Å². The molecule has 0 N–H and O–H groups in total. The second-order valence-electron chi connectivity index (χ2n) is 31.2. The third-order valence-corrected chi connectivity index (χ3v) is 22.6. The number of hydrogen-bond donors (Lipinski definition) is 0. The largest absolute Gasteiger partial charge is 0.311 e. The quantitative estimate of drug-likeness (QED) is 0.127. The summed E-state index contributed by atoms with van der Waals surface area (Å²) in [6.45, 7) is 12.9. The molecule has 0 saturated carbocycles. The molecule has 19 aromatic rings. The van der Waals surface area contributed by atoms with Crippen LogP contribution in [0.4, 0.5) is 34.1 Å².